The predicted octanol–water partition coefficient (Wildman–Crippen LogP) is 1.66. The Balaban J connectivity index is 2.23. The molecule has 86 valence electrons. The first-order chi connectivity index (χ1) is 7.68. The Bertz CT molecular complexity index is 405. The van der Waals surface area contributed by atoms with Gasteiger partial charge in [0.05, 0.1) is 4.92 Å². The van der Waals surface area contributed by atoms with Crippen molar-refractivity contribution in [2.75, 3.05) is 31.1 Å². The first-order valence-electron chi connectivity index (χ1n) is 5.08. The standard InChI is InChI=1S/C10H12ClN3O2/c11-9-7-8(1-2-10(9)14(15)16)13-5-3-12-4-6-13/h1-2,7,12H,3-6H2. The van der Waals surface area contributed by atoms with Gasteiger partial charge in [0, 0.05) is 37.9 Å². The largest absolute Gasteiger partial charge is 0.369 e. The Hall–Kier alpha value is -1.33. The number of benzene rings is 1. The van der Waals surface area contributed by atoms with Crippen molar-refractivity contribution in [3.8, 4) is 0 Å². The summed E-state index contributed by atoms with van der Waals surface area (Å²) in [5.41, 5.74) is 0.901. The summed E-state index contributed by atoms with van der Waals surface area (Å²) >= 11 is 5.86. The number of nitrogens with zero attached hydrogens (tertiary/aromatic N) is 2. The van der Waals surface area contributed by atoms with Crippen molar-refractivity contribution >= 4 is 23.0 Å². The Labute approximate surface area is 98.2 Å². The zero-order valence-electron chi connectivity index (χ0n) is 8.65. The molecule has 1 saturated heterocycles. The van der Waals surface area contributed by atoms with Crippen LogP contribution in [0.25, 0.3) is 0 Å². The second-order valence-electron chi connectivity index (χ2n) is 3.63. The molecular weight excluding hydrogens is 230 g/mol. The molecule has 0 aromatic heterocycles. The second-order valence-corrected chi connectivity index (χ2v) is 4.04. The molecule has 0 amide bonds. The van der Waals surface area contributed by atoms with Crippen molar-refractivity contribution in [3.05, 3.63) is 33.3 Å². The maximum atomic E-state index is 10.6. The number of hydrogen-bond acceptors (Lipinski definition) is 4. The van der Waals surface area contributed by atoms with Crippen molar-refractivity contribution in [1.29, 1.82) is 0 Å². The third-order valence-corrected chi connectivity index (χ3v) is 2.91. The predicted molar refractivity (Wildman–Crippen MR) is 63.2 cm³/mol. The first kappa shape index (κ1) is 11.2. The average molecular weight is 242 g/mol. The number of hydrogen-bond donors (Lipinski definition) is 1. The van der Waals surface area contributed by atoms with Crippen LogP contribution < -0.4 is 10.2 Å². The smallest absolute Gasteiger partial charge is 0.288 e. The number of nitrogens with one attached hydrogen (secondary N) is 1. The van der Waals surface area contributed by atoms with Crippen molar-refractivity contribution in [3.63, 3.8) is 0 Å². The van der Waals surface area contributed by atoms with E-state index in [1.54, 1.807) is 12.1 Å². The van der Waals surface area contributed by atoms with E-state index in [9.17, 15) is 10.1 Å². The van der Waals surface area contributed by atoms with Crippen LogP contribution in [0.3, 0.4) is 0 Å². The summed E-state index contributed by atoms with van der Waals surface area (Å²) in [6.07, 6.45) is 0. The average Bonchev–Trinajstić information content (AvgIpc) is 2.29. The van der Waals surface area contributed by atoms with Gasteiger partial charge in [-0.15, -0.1) is 0 Å². The van der Waals surface area contributed by atoms with Gasteiger partial charge in [0.15, 0.2) is 0 Å². The molecule has 1 N–H and O–H groups in total. The number of anilines is 1. The molecule has 5 nitrogen and oxygen atoms in total. The maximum absolute atomic E-state index is 10.6. The molecule has 16 heavy (non-hydrogen) atoms. The van der Waals surface area contributed by atoms with E-state index in [0.29, 0.717) is 0 Å². The van der Waals surface area contributed by atoms with E-state index in [4.69, 9.17) is 11.6 Å². The quantitative estimate of drug-likeness (QED) is 0.632. The lowest BCUT2D eigenvalue weighted by molar-refractivity contribution is -0.384. The van der Waals surface area contributed by atoms with E-state index in [2.05, 4.69) is 10.2 Å². The molecular formula is C10H12ClN3O2. The normalized spacial score (nSPS) is 16.2. The Kier molecular flexibility index (Phi) is 3.26. The molecule has 1 aliphatic rings. The van der Waals surface area contributed by atoms with Crippen LogP contribution in [0, 0.1) is 10.1 Å². The molecule has 6 heteroatoms. The van der Waals surface area contributed by atoms with E-state index < -0.39 is 4.92 Å². The molecule has 1 aliphatic heterocycles. The van der Waals surface area contributed by atoms with Crippen LogP contribution in [-0.2, 0) is 0 Å². The van der Waals surface area contributed by atoms with E-state index >= 15 is 0 Å². The van der Waals surface area contributed by atoms with Gasteiger partial charge >= 0.3 is 0 Å². The second kappa shape index (κ2) is 4.67. The fourth-order valence-corrected chi connectivity index (χ4v) is 2.01. The summed E-state index contributed by atoms with van der Waals surface area (Å²) in [6.45, 7) is 3.64. The van der Waals surface area contributed by atoms with Gasteiger partial charge in [-0.25, -0.2) is 0 Å². The van der Waals surface area contributed by atoms with Gasteiger partial charge in [-0.1, -0.05) is 11.6 Å². The van der Waals surface area contributed by atoms with E-state index in [-0.39, 0.29) is 10.7 Å². The summed E-state index contributed by atoms with van der Waals surface area (Å²) in [5.74, 6) is 0. The van der Waals surface area contributed by atoms with Gasteiger partial charge in [0.2, 0.25) is 0 Å². The first-order valence-corrected chi connectivity index (χ1v) is 5.46. The zero-order chi connectivity index (χ0) is 11.5. The van der Waals surface area contributed by atoms with Gasteiger partial charge in [-0.2, -0.15) is 0 Å². The molecule has 1 aromatic carbocycles. The fourth-order valence-electron chi connectivity index (χ4n) is 1.76. The molecule has 0 unspecified atom stereocenters. The third kappa shape index (κ3) is 2.25. The van der Waals surface area contributed by atoms with Crippen LogP contribution in [0.5, 0.6) is 0 Å². The summed E-state index contributed by atoms with van der Waals surface area (Å²) in [7, 11) is 0. The minimum atomic E-state index is -0.468. The zero-order valence-corrected chi connectivity index (χ0v) is 9.41. The summed E-state index contributed by atoms with van der Waals surface area (Å²) in [5, 5.41) is 14.0. The molecule has 0 saturated carbocycles. The molecule has 0 bridgehead atoms. The molecule has 0 radical (unpaired) electrons. The van der Waals surface area contributed by atoms with E-state index in [1.807, 2.05) is 0 Å². The van der Waals surface area contributed by atoms with Gasteiger partial charge in [0.1, 0.15) is 5.02 Å². The highest BCUT2D eigenvalue weighted by Crippen LogP contribution is 2.29. The van der Waals surface area contributed by atoms with Gasteiger partial charge in [-0.05, 0) is 12.1 Å². The van der Waals surface area contributed by atoms with Crippen LogP contribution in [-0.4, -0.2) is 31.1 Å². The number of halogens is 1. The number of nitro groups is 1. The van der Waals surface area contributed by atoms with Gasteiger partial charge < -0.3 is 10.2 Å². The summed E-state index contributed by atoms with van der Waals surface area (Å²) in [4.78, 5) is 12.3. The fraction of sp³-hybridized carbons (Fsp3) is 0.400. The molecule has 0 aliphatic carbocycles. The maximum Gasteiger partial charge on any atom is 0.288 e. The van der Waals surface area contributed by atoms with Crippen molar-refractivity contribution in [2.24, 2.45) is 0 Å². The number of nitro benzene ring substituents is 1. The van der Waals surface area contributed by atoms with Crippen molar-refractivity contribution in [1.82, 2.24) is 5.32 Å². The van der Waals surface area contributed by atoms with Crippen molar-refractivity contribution in [2.45, 2.75) is 0 Å². The van der Waals surface area contributed by atoms with Crippen LogP contribution in [0.15, 0.2) is 18.2 Å². The molecule has 1 heterocycles. The molecule has 0 atom stereocenters. The highest BCUT2D eigenvalue weighted by molar-refractivity contribution is 6.32. The highest BCUT2D eigenvalue weighted by Gasteiger charge is 2.16. The SMILES string of the molecule is O=[N+]([O-])c1ccc(N2CCNCC2)cc1Cl. The summed E-state index contributed by atoms with van der Waals surface area (Å²) in [6, 6.07) is 4.86. The van der Waals surface area contributed by atoms with Gasteiger partial charge in [0.25, 0.3) is 5.69 Å². The number of rotatable bonds is 2. The minimum Gasteiger partial charge on any atom is -0.369 e. The minimum absolute atomic E-state index is 0.0412. The van der Waals surface area contributed by atoms with E-state index in [0.717, 1.165) is 31.9 Å². The van der Waals surface area contributed by atoms with Crippen molar-refractivity contribution < 1.29 is 4.92 Å². The van der Waals surface area contributed by atoms with Crippen LogP contribution >= 0.6 is 11.6 Å². The molecule has 2 rings (SSSR count). The molecule has 1 aromatic rings. The van der Waals surface area contributed by atoms with Crippen LogP contribution in [0.4, 0.5) is 11.4 Å². The lowest BCUT2D eigenvalue weighted by Crippen LogP contribution is -2.43. The third-order valence-electron chi connectivity index (χ3n) is 2.61. The van der Waals surface area contributed by atoms with E-state index in [1.165, 1.54) is 6.07 Å². The van der Waals surface area contributed by atoms with Crippen LogP contribution in [0.2, 0.25) is 5.02 Å². The Morgan fingerprint density at radius 3 is 2.62 bits per heavy atom. The van der Waals surface area contributed by atoms with Crippen LogP contribution in [0.1, 0.15) is 0 Å². The summed E-state index contributed by atoms with van der Waals surface area (Å²) < 4.78 is 0. The highest BCUT2D eigenvalue weighted by atomic mass is 35.5. The molecule has 0 spiro atoms. The Morgan fingerprint density at radius 1 is 1.38 bits per heavy atom. The van der Waals surface area contributed by atoms with Gasteiger partial charge in [-0.3, -0.25) is 10.1 Å². The topological polar surface area (TPSA) is 58.4 Å². The lowest BCUT2D eigenvalue weighted by atomic mass is 10.2. The number of piperazine rings is 1. The lowest BCUT2D eigenvalue weighted by Gasteiger charge is -2.29. The molecule has 1 fully saturated rings. The Morgan fingerprint density at radius 2 is 2.06 bits per heavy atom. The monoisotopic (exact) mass is 241 g/mol.